The number of aliphatic hydroxyl groups excluding tert-OH is 1. The molecule has 0 aliphatic heterocycles. The van der Waals surface area contributed by atoms with E-state index in [0.29, 0.717) is 17.0 Å². The normalized spacial score (nSPS) is 10.6. The Morgan fingerprint density at radius 2 is 2.10 bits per heavy atom. The summed E-state index contributed by atoms with van der Waals surface area (Å²) in [7, 11) is -0.642. The van der Waals surface area contributed by atoms with E-state index in [0.717, 1.165) is 0 Å². The van der Waals surface area contributed by atoms with Gasteiger partial charge in [0.25, 0.3) is 0 Å². The molecule has 0 saturated heterocycles. The number of benzene rings is 1. The minimum absolute atomic E-state index is 0.0989. The van der Waals surface area contributed by atoms with Gasteiger partial charge in [0, 0.05) is 12.7 Å². The molecular formula is C13H17NO5S. The van der Waals surface area contributed by atoms with Crippen LogP contribution in [-0.2, 0) is 14.8 Å². The summed E-state index contributed by atoms with van der Waals surface area (Å²) in [5, 5.41) is 8.66. The number of aliphatic hydroxyl groups is 1. The van der Waals surface area contributed by atoms with Crippen molar-refractivity contribution >= 4 is 15.7 Å². The number of hydrogen-bond acceptors (Lipinski definition) is 5. The number of hydrogen-bond donors (Lipinski definition) is 2. The maximum absolute atomic E-state index is 11.8. The molecule has 2 N–H and O–H groups in total. The molecule has 0 aliphatic carbocycles. The molecule has 7 heteroatoms. The number of rotatable bonds is 6. The average Bonchev–Trinajstić information content (AvgIpc) is 2.43. The lowest BCUT2D eigenvalue weighted by Gasteiger charge is -2.12. The molecule has 0 bridgehead atoms. The van der Waals surface area contributed by atoms with Crippen molar-refractivity contribution in [3.05, 3.63) is 23.8 Å². The van der Waals surface area contributed by atoms with Gasteiger partial charge in [-0.25, -0.2) is 8.42 Å². The fraction of sp³-hybridized carbons (Fsp3) is 0.385. The van der Waals surface area contributed by atoms with Gasteiger partial charge < -0.3 is 14.6 Å². The average molecular weight is 299 g/mol. The van der Waals surface area contributed by atoms with Crippen LogP contribution >= 0.6 is 0 Å². The van der Waals surface area contributed by atoms with Gasteiger partial charge in [0.05, 0.1) is 25.2 Å². The van der Waals surface area contributed by atoms with Crippen LogP contribution in [0.2, 0.25) is 0 Å². The van der Waals surface area contributed by atoms with Crippen LogP contribution in [0.4, 0.5) is 5.69 Å². The SMILES string of the molecule is COCCS(=O)(=O)Nc1cc(C#CCO)ccc1OC. The Balaban J connectivity index is 3.02. The lowest BCUT2D eigenvalue weighted by molar-refractivity contribution is 0.217. The fourth-order valence-corrected chi connectivity index (χ4v) is 2.40. The van der Waals surface area contributed by atoms with E-state index in [1.54, 1.807) is 18.2 Å². The Hall–Kier alpha value is -1.75. The van der Waals surface area contributed by atoms with Crippen LogP contribution in [0.3, 0.4) is 0 Å². The number of nitrogens with one attached hydrogen (secondary N) is 1. The molecule has 0 fully saturated rings. The molecular weight excluding hydrogens is 282 g/mol. The van der Waals surface area contributed by atoms with Crippen LogP contribution in [0.5, 0.6) is 5.75 Å². The molecule has 1 aromatic rings. The Labute approximate surface area is 118 Å². The summed E-state index contributed by atoms with van der Waals surface area (Å²) in [4.78, 5) is 0. The van der Waals surface area contributed by atoms with Crippen LogP contribution in [-0.4, -0.2) is 46.7 Å². The van der Waals surface area contributed by atoms with E-state index >= 15 is 0 Å². The predicted octanol–water partition coefficient (Wildman–Crippen LogP) is 0.427. The van der Waals surface area contributed by atoms with Crippen molar-refractivity contribution in [2.75, 3.05) is 37.9 Å². The third-order valence-electron chi connectivity index (χ3n) is 2.33. The highest BCUT2D eigenvalue weighted by molar-refractivity contribution is 7.92. The molecule has 0 aliphatic rings. The first-order valence-corrected chi connectivity index (χ1v) is 7.45. The molecule has 0 atom stereocenters. The first-order chi connectivity index (χ1) is 9.52. The van der Waals surface area contributed by atoms with Gasteiger partial charge in [-0.15, -0.1) is 0 Å². The summed E-state index contributed by atoms with van der Waals surface area (Å²) in [5.41, 5.74) is 0.873. The van der Waals surface area contributed by atoms with Crippen LogP contribution < -0.4 is 9.46 Å². The number of ether oxygens (including phenoxy) is 2. The Morgan fingerprint density at radius 3 is 2.70 bits per heavy atom. The highest BCUT2D eigenvalue weighted by Gasteiger charge is 2.13. The largest absolute Gasteiger partial charge is 0.495 e. The quantitative estimate of drug-likeness (QED) is 0.744. The minimum Gasteiger partial charge on any atom is -0.495 e. The van der Waals surface area contributed by atoms with Gasteiger partial charge in [-0.2, -0.15) is 0 Å². The van der Waals surface area contributed by atoms with Crippen molar-refractivity contribution in [3.8, 4) is 17.6 Å². The molecule has 0 radical (unpaired) electrons. The molecule has 1 aromatic carbocycles. The summed E-state index contributed by atoms with van der Waals surface area (Å²) in [5.74, 6) is 5.43. The van der Waals surface area contributed by atoms with Gasteiger partial charge in [-0.05, 0) is 18.2 Å². The summed E-state index contributed by atoms with van der Waals surface area (Å²) in [6.07, 6.45) is 0. The number of methoxy groups -OCH3 is 2. The van der Waals surface area contributed by atoms with Crippen molar-refractivity contribution in [1.29, 1.82) is 0 Å². The molecule has 0 unspecified atom stereocenters. The maximum atomic E-state index is 11.8. The Bertz CT molecular complexity index is 601. The van der Waals surface area contributed by atoms with E-state index in [2.05, 4.69) is 16.6 Å². The molecule has 1 rings (SSSR count). The third kappa shape index (κ3) is 5.09. The Kier molecular flexibility index (Phi) is 6.31. The second kappa shape index (κ2) is 7.75. The van der Waals surface area contributed by atoms with E-state index in [9.17, 15) is 8.42 Å². The molecule has 20 heavy (non-hydrogen) atoms. The van der Waals surface area contributed by atoms with E-state index in [1.165, 1.54) is 14.2 Å². The van der Waals surface area contributed by atoms with Gasteiger partial charge in [0.15, 0.2) is 0 Å². The standard InChI is InChI=1S/C13H17NO5S/c1-18-8-9-20(16,17)14-12-10-11(4-3-7-15)5-6-13(12)19-2/h5-6,10,14-15H,7-9H2,1-2H3. The fourth-order valence-electron chi connectivity index (χ4n) is 1.42. The van der Waals surface area contributed by atoms with Crippen LogP contribution in [0.25, 0.3) is 0 Å². The van der Waals surface area contributed by atoms with E-state index in [-0.39, 0.29) is 19.0 Å². The summed E-state index contributed by atoms with van der Waals surface area (Å²) >= 11 is 0. The zero-order valence-electron chi connectivity index (χ0n) is 11.3. The molecule has 0 heterocycles. The van der Waals surface area contributed by atoms with Gasteiger partial charge in [0.1, 0.15) is 12.4 Å². The summed E-state index contributed by atoms with van der Waals surface area (Å²) < 4.78 is 35.9. The molecule has 0 saturated carbocycles. The maximum Gasteiger partial charge on any atom is 0.235 e. The lowest BCUT2D eigenvalue weighted by Crippen LogP contribution is -2.20. The number of anilines is 1. The van der Waals surface area contributed by atoms with E-state index < -0.39 is 10.0 Å². The zero-order valence-corrected chi connectivity index (χ0v) is 12.2. The van der Waals surface area contributed by atoms with Gasteiger partial charge in [-0.1, -0.05) is 11.8 Å². The molecule has 6 nitrogen and oxygen atoms in total. The topological polar surface area (TPSA) is 84.9 Å². The van der Waals surface area contributed by atoms with Gasteiger partial charge in [0.2, 0.25) is 10.0 Å². The second-order valence-corrected chi connectivity index (χ2v) is 5.63. The smallest absolute Gasteiger partial charge is 0.235 e. The van der Waals surface area contributed by atoms with Gasteiger partial charge in [-0.3, -0.25) is 4.72 Å². The van der Waals surface area contributed by atoms with Crippen LogP contribution in [0, 0.1) is 11.8 Å². The monoisotopic (exact) mass is 299 g/mol. The minimum atomic E-state index is -3.52. The van der Waals surface area contributed by atoms with Crippen molar-refractivity contribution in [3.63, 3.8) is 0 Å². The van der Waals surface area contributed by atoms with Gasteiger partial charge >= 0.3 is 0 Å². The van der Waals surface area contributed by atoms with Crippen molar-refractivity contribution in [1.82, 2.24) is 0 Å². The summed E-state index contributed by atoms with van der Waals surface area (Å²) in [6.45, 7) is -0.164. The third-order valence-corrected chi connectivity index (χ3v) is 3.57. The van der Waals surface area contributed by atoms with Crippen molar-refractivity contribution in [2.45, 2.75) is 0 Å². The molecule has 0 spiro atoms. The zero-order chi connectivity index (χ0) is 15.0. The van der Waals surface area contributed by atoms with E-state index in [4.69, 9.17) is 14.6 Å². The highest BCUT2D eigenvalue weighted by atomic mass is 32.2. The molecule has 0 aromatic heterocycles. The predicted molar refractivity (Wildman–Crippen MR) is 76.2 cm³/mol. The summed E-state index contributed by atoms with van der Waals surface area (Å²) in [6, 6.07) is 4.83. The highest BCUT2D eigenvalue weighted by Crippen LogP contribution is 2.26. The van der Waals surface area contributed by atoms with Crippen LogP contribution in [0.15, 0.2) is 18.2 Å². The van der Waals surface area contributed by atoms with E-state index in [1.807, 2.05) is 0 Å². The Morgan fingerprint density at radius 1 is 1.35 bits per heavy atom. The first kappa shape index (κ1) is 16.3. The number of sulfonamides is 1. The molecule has 0 amide bonds. The first-order valence-electron chi connectivity index (χ1n) is 5.79. The second-order valence-electron chi connectivity index (χ2n) is 3.79. The van der Waals surface area contributed by atoms with Crippen LogP contribution in [0.1, 0.15) is 5.56 Å². The molecule has 110 valence electrons. The van der Waals surface area contributed by atoms with Crippen molar-refractivity contribution < 1.29 is 23.0 Å². The van der Waals surface area contributed by atoms with Crippen molar-refractivity contribution in [2.24, 2.45) is 0 Å². The lowest BCUT2D eigenvalue weighted by atomic mass is 10.2.